The van der Waals surface area contributed by atoms with Gasteiger partial charge in [-0.25, -0.2) is 0 Å². The zero-order valence-electron chi connectivity index (χ0n) is 16.0. The molecule has 2 aromatic heterocycles. The fourth-order valence-electron chi connectivity index (χ4n) is 3.57. The number of nitrogens with zero attached hydrogens (tertiary/aromatic N) is 2. The number of aryl methyl sites for hydroxylation is 1. The molecule has 0 saturated carbocycles. The number of aromatic nitrogens is 1. The summed E-state index contributed by atoms with van der Waals surface area (Å²) in [4.78, 5) is 19.5. The first-order valence-electron chi connectivity index (χ1n) is 9.77. The van der Waals surface area contributed by atoms with Crippen LogP contribution in [0.4, 0.5) is 0 Å². The van der Waals surface area contributed by atoms with Crippen LogP contribution in [0.3, 0.4) is 0 Å². The number of benzene rings is 1. The maximum atomic E-state index is 12.3. The Labute approximate surface area is 179 Å². The van der Waals surface area contributed by atoms with Crippen molar-refractivity contribution in [2.24, 2.45) is 0 Å². The number of thiophene rings is 1. The lowest BCUT2D eigenvalue weighted by Gasteiger charge is -2.18. The molecule has 0 bridgehead atoms. The molecule has 148 valence electrons. The molecule has 1 aromatic carbocycles. The molecule has 1 N–H and O–H groups in total. The number of hydrogen-bond acceptors (Lipinski definition) is 4. The molecule has 4 rings (SSSR count). The number of Topliss-reactive ketones (excluding diaryl/α,β-unsaturated/α-hetero) is 1. The lowest BCUT2D eigenvalue weighted by molar-refractivity contribution is 0.0986. The average Bonchev–Trinajstić information content (AvgIpc) is 3.44. The van der Waals surface area contributed by atoms with Gasteiger partial charge in [-0.05, 0) is 48.6 Å². The van der Waals surface area contributed by atoms with Gasteiger partial charge in [-0.3, -0.25) is 15.2 Å². The summed E-state index contributed by atoms with van der Waals surface area (Å²) in [5.74, 6) is 0.713. The molecule has 29 heavy (non-hydrogen) atoms. The zero-order chi connectivity index (χ0) is 20.2. The standard InChI is InChI=1S/C23H22ClN3OS/c24-22-10-9-21(29-22)20(28)8-3-16-13-19(15-26-14-16)17-4-6-18(7-5-17)23(25)27-11-1-2-12-27/h4-7,9-10,13-15,25H,1-3,8,11-12H2. The fraction of sp³-hybridized carbons (Fsp3) is 0.261. The zero-order valence-corrected chi connectivity index (χ0v) is 17.6. The van der Waals surface area contributed by atoms with Crippen LogP contribution in [0, 0.1) is 5.41 Å². The third-order valence-corrected chi connectivity index (χ3v) is 6.47. The van der Waals surface area contributed by atoms with Crippen molar-refractivity contribution in [1.29, 1.82) is 5.41 Å². The second-order valence-electron chi connectivity index (χ2n) is 7.23. The first-order valence-corrected chi connectivity index (χ1v) is 11.0. The van der Waals surface area contributed by atoms with Gasteiger partial charge in [0.2, 0.25) is 0 Å². The van der Waals surface area contributed by atoms with Crippen LogP contribution < -0.4 is 0 Å². The van der Waals surface area contributed by atoms with E-state index in [4.69, 9.17) is 17.0 Å². The molecule has 0 unspecified atom stereocenters. The van der Waals surface area contributed by atoms with Crippen molar-refractivity contribution < 1.29 is 4.79 Å². The van der Waals surface area contributed by atoms with Crippen LogP contribution >= 0.6 is 22.9 Å². The SMILES string of the molecule is N=C(c1ccc(-c2cncc(CCC(=O)c3ccc(Cl)s3)c2)cc1)N1CCCC1. The maximum absolute atomic E-state index is 12.3. The van der Waals surface area contributed by atoms with E-state index < -0.39 is 0 Å². The quantitative estimate of drug-likeness (QED) is 0.314. The van der Waals surface area contributed by atoms with Gasteiger partial charge in [0.05, 0.1) is 9.21 Å². The predicted molar refractivity (Wildman–Crippen MR) is 119 cm³/mol. The highest BCUT2D eigenvalue weighted by Gasteiger charge is 2.16. The molecule has 0 spiro atoms. The highest BCUT2D eigenvalue weighted by molar-refractivity contribution is 7.18. The Morgan fingerprint density at radius 1 is 1.07 bits per heavy atom. The summed E-state index contributed by atoms with van der Waals surface area (Å²) in [6.45, 7) is 1.95. The molecule has 0 aliphatic carbocycles. The van der Waals surface area contributed by atoms with Gasteiger partial charge in [-0.1, -0.05) is 35.9 Å². The van der Waals surface area contributed by atoms with Crippen molar-refractivity contribution in [2.75, 3.05) is 13.1 Å². The predicted octanol–water partition coefficient (Wildman–Crippen LogP) is 5.70. The number of halogens is 1. The van der Waals surface area contributed by atoms with Crippen LogP contribution in [0.15, 0.2) is 54.9 Å². The summed E-state index contributed by atoms with van der Waals surface area (Å²) in [6, 6.07) is 13.7. The molecule has 1 aliphatic rings. The molecule has 0 atom stereocenters. The van der Waals surface area contributed by atoms with Crippen molar-refractivity contribution >= 4 is 34.6 Å². The summed E-state index contributed by atoms with van der Waals surface area (Å²) in [5.41, 5.74) is 4.06. The smallest absolute Gasteiger partial charge is 0.173 e. The third kappa shape index (κ3) is 4.74. The van der Waals surface area contributed by atoms with Crippen molar-refractivity contribution in [2.45, 2.75) is 25.7 Å². The van der Waals surface area contributed by atoms with Crippen LogP contribution in [0.25, 0.3) is 11.1 Å². The molecule has 1 aliphatic heterocycles. The third-order valence-electron chi connectivity index (χ3n) is 5.20. The second-order valence-corrected chi connectivity index (χ2v) is 8.94. The number of nitrogens with one attached hydrogen (secondary N) is 1. The van der Waals surface area contributed by atoms with Gasteiger partial charge in [0.15, 0.2) is 5.78 Å². The number of carbonyl (C=O) groups excluding carboxylic acids is 1. The Morgan fingerprint density at radius 2 is 1.83 bits per heavy atom. The van der Waals surface area contributed by atoms with Gasteiger partial charge < -0.3 is 4.90 Å². The van der Waals surface area contributed by atoms with Crippen LogP contribution in [-0.4, -0.2) is 34.6 Å². The van der Waals surface area contributed by atoms with Crippen molar-refractivity contribution in [3.05, 3.63) is 75.2 Å². The summed E-state index contributed by atoms with van der Waals surface area (Å²) in [7, 11) is 0. The highest BCUT2D eigenvalue weighted by atomic mass is 35.5. The highest BCUT2D eigenvalue weighted by Crippen LogP contribution is 2.24. The van der Waals surface area contributed by atoms with Gasteiger partial charge >= 0.3 is 0 Å². The molecule has 0 amide bonds. The number of carbonyl (C=O) groups is 1. The van der Waals surface area contributed by atoms with E-state index in [9.17, 15) is 4.79 Å². The van der Waals surface area contributed by atoms with Gasteiger partial charge in [0.25, 0.3) is 0 Å². The van der Waals surface area contributed by atoms with E-state index in [1.807, 2.05) is 36.7 Å². The molecule has 1 fully saturated rings. The van der Waals surface area contributed by atoms with Gasteiger partial charge in [0, 0.05) is 43.0 Å². The summed E-state index contributed by atoms with van der Waals surface area (Å²) >= 11 is 7.24. The van der Waals surface area contributed by atoms with Gasteiger partial charge in [-0.2, -0.15) is 0 Å². The van der Waals surface area contributed by atoms with E-state index in [1.54, 1.807) is 12.1 Å². The monoisotopic (exact) mass is 423 g/mol. The number of likely N-dealkylation sites (tertiary alicyclic amines) is 1. The van der Waals surface area contributed by atoms with Gasteiger partial charge in [0.1, 0.15) is 5.84 Å². The number of pyridine rings is 1. The molecule has 3 aromatic rings. The Balaban J connectivity index is 1.42. The molecular formula is C23H22ClN3OS. The van der Waals surface area contributed by atoms with E-state index >= 15 is 0 Å². The summed E-state index contributed by atoms with van der Waals surface area (Å²) in [5, 5.41) is 8.38. The molecule has 6 heteroatoms. The average molecular weight is 424 g/mol. The number of amidine groups is 1. The van der Waals surface area contributed by atoms with Crippen molar-refractivity contribution in [3.8, 4) is 11.1 Å². The lowest BCUT2D eigenvalue weighted by Crippen LogP contribution is -2.27. The number of rotatable bonds is 6. The van der Waals surface area contributed by atoms with Crippen LogP contribution in [0.2, 0.25) is 4.34 Å². The summed E-state index contributed by atoms with van der Waals surface area (Å²) in [6.07, 6.45) is 7.07. The van der Waals surface area contributed by atoms with E-state index in [0.717, 1.165) is 35.3 Å². The molecular weight excluding hydrogens is 402 g/mol. The van der Waals surface area contributed by atoms with Crippen LogP contribution in [0.5, 0.6) is 0 Å². The Morgan fingerprint density at radius 3 is 2.52 bits per heavy atom. The second kappa shape index (κ2) is 8.89. The van der Waals surface area contributed by atoms with E-state index in [0.29, 0.717) is 27.9 Å². The lowest BCUT2D eigenvalue weighted by atomic mass is 10.0. The minimum absolute atomic E-state index is 0.108. The Kier molecular flexibility index (Phi) is 6.07. The molecule has 1 saturated heterocycles. The minimum Gasteiger partial charge on any atom is -0.357 e. The topological polar surface area (TPSA) is 57.1 Å². The molecule has 3 heterocycles. The van der Waals surface area contributed by atoms with Crippen LogP contribution in [0.1, 0.15) is 40.1 Å². The largest absolute Gasteiger partial charge is 0.357 e. The summed E-state index contributed by atoms with van der Waals surface area (Å²) < 4.78 is 0.637. The van der Waals surface area contributed by atoms with E-state index in [-0.39, 0.29) is 5.78 Å². The maximum Gasteiger partial charge on any atom is 0.173 e. The Bertz CT molecular complexity index is 1020. The fourth-order valence-corrected chi connectivity index (χ4v) is 4.58. The van der Waals surface area contributed by atoms with Crippen LogP contribution in [-0.2, 0) is 6.42 Å². The van der Waals surface area contributed by atoms with Crippen molar-refractivity contribution in [1.82, 2.24) is 9.88 Å². The van der Waals surface area contributed by atoms with E-state index in [2.05, 4.69) is 16.0 Å². The first-order chi connectivity index (χ1) is 14.1. The molecule has 4 nitrogen and oxygen atoms in total. The minimum atomic E-state index is 0.108. The van der Waals surface area contributed by atoms with Crippen molar-refractivity contribution in [3.63, 3.8) is 0 Å². The first kappa shape index (κ1) is 19.8. The normalized spacial score (nSPS) is 13.6. The van der Waals surface area contributed by atoms with Gasteiger partial charge in [-0.15, -0.1) is 11.3 Å². The molecule has 0 radical (unpaired) electrons. The number of hydrogen-bond donors (Lipinski definition) is 1. The van der Waals surface area contributed by atoms with E-state index in [1.165, 1.54) is 24.2 Å². The number of ketones is 1. The Hall–Kier alpha value is -2.50.